The van der Waals surface area contributed by atoms with Crippen molar-refractivity contribution in [1.29, 1.82) is 0 Å². The van der Waals surface area contributed by atoms with Crippen molar-refractivity contribution in [2.75, 3.05) is 5.73 Å². The van der Waals surface area contributed by atoms with Crippen molar-refractivity contribution in [3.63, 3.8) is 0 Å². The van der Waals surface area contributed by atoms with E-state index in [0.717, 1.165) is 17.8 Å². The molecule has 0 unspecified atom stereocenters. The van der Waals surface area contributed by atoms with E-state index < -0.39 is 0 Å². The smallest absolute Gasteiger partial charge is 0.145 e. The maximum absolute atomic E-state index is 5.49. The molecule has 68 valence electrons. The van der Waals surface area contributed by atoms with Gasteiger partial charge >= 0.3 is 0 Å². The lowest BCUT2D eigenvalue weighted by molar-refractivity contribution is 0.660. The van der Waals surface area contributed by atoms with Crippen LogP contribution in [0.1, 0.15) is 6.92 Å². The van der Waals surface area contributed by atoms with Gasteiger partial charge in [0.25, 0.3) is 0 Å². The molecule has 0 saturated carbocycles. The minimum absolute atomic E-state index is 0.499. The van der Waals surface area contributed by atoms with Gasteiger partial charge < -0.3 is 5.73 Å². The maximum Gasteiger partial charge on any atom is 0.145 e. The summed E-state index contributed by atoms with van der Waals surface area (Å²) in [5, 5.41) is 10.8. The summed E-state index contributed by atoms with van der Waals surface area (Å²) in [5.74, 6) is 0.499. The standard InChI is InChI=1S/C8H11N5/c1-2-13-5-6(4-10-13)7-3-8(9)12-11-7/h3-5H,2H2,1H3,(H3,9,11,12). The van der Waals surface area contributed by atoms with Crippen LogP contribution in [0.5, 0.6) is 0 Å². The largest absolute Gasteiger partial charge is 0.382 e. The second kappa shape index (κ2) is 2.93. The Hall–Kier alpha value is -1.78. The van der Waals surface area contributed by atoms with Gasteiger partial charge in [0.05, 0.1) is 11.9 Å². The first kappa shape index (κ1) is 7.85. The van der Waals surface area contributed by atoms with Crippen LogP contribution in [0.2, 0.25) is 0 Å². The first-order valence-electron chi connectivity index (χ1n) is 4.13. The van der Waals surface area contributed by atoms with Crippen LogP contribution in [0.15, 0.2) is 18.5 Å². The number of hydrogen-bond donors (Lipinski definition) is 2. The highest BCUT2D eigenvalue weighted by Crippen LogP contribution is 2.16. The second-order valence-electron chi connectivity index (χ2n) is 2.79. The van der Waals surface area contributed by atoms with Gasteiger partial charge in [0.15, 0.2) is 0 Å². The molecular weight excluding hydrogens is 166 g/mol. The van der Waals surface area contributed by atoms with Gasteiger partial charge in [0.2, 0.25) is 0 Å². The molecule has 0 saturated heterocycles. The van der Waals surface area contributed by atoms with Crippen molar-refractivity contribution in [3.05, 3.63) is 18.5 Å². The minimum Gasteiger partial charge on any atom is -0.382 e. The fourth-order valence-electron chi connectivity index (χ4n) is 1.16. The molecular formula is C8H11N5. The zero-order chi connectivity index (χ0) is 9.26. The van der Waals surface area contributed by atoms with Gasteiger partial charge in [-0.05, 0) is 6.92 Å². The number of hydrogen-bond acceptors (Lipinski definition) is 3. The van der Waals surface area contributed by atoms with Crippen LogP contribution < -0.4 is 5.73 Å². The highest BCUT2D eigenvalue weighted by Gasteiger charge is 2.03. The molecule has 0 atom stereocenters. The SMILES string of the molecule is CCn1cc(-c2cc(N)n[nH]2)cn1. The molecule has 3 N–H and O–H groups in total. The third-order valence-electron chi connectivity index (χ3n) is 1.87. The van der Waals surface area contributed by atoms with Crippen LogP contribution in [0.3, 0.4) is 0 Å². The Balaban J connectivity index is 2.35. The Bertz CT molecular complexity index is 400. The normalized spacial score (nSPS) is 10.5. The summed E-state index contributed by atoms with van der Waals surface area (Å²) in [6, 6.07) is 1.79. The fraction of sp³-hybridized carbons (Fsp3) is 0.250. The van der Waals surface area contributed by atoms with E-state index in [1.54, 1.807) is 12.3 Å². The highest BCUT2D eigenvalue weighted by atomic mass is 15.3. The van der Waals surface area contributed by atoms with Crippen LogP contribution in [-0.2, 0) is 6.54 Å². The van der Waals surface area contributed by atoms with Crippen molar-refractivity contribution in [1.82, 2.24) is 20.0 Å². The predicted molar refractivity (Wildman–Crippen MR) is 49.9 cm³/mol. The molecule has 2 rings (SSSR count). The number of aromatic nitrogens is 4. The Kier molecular flexibility index (Phi) is 1.77. The topological polar surface area (TPSA) is 72.5 Å². The first-order chi connectivity index (χ1) is 6.29. The molecule has 0 aromatic carbocycles. The molecule has 0 bridgehead atoms. The lowest BCUT2D eigenvalue weighted by Gasteiger charge is -1.90. The number of nitrogens with one attached hydrogen (secondary N) is 1. The third-order valence-corrected chi connectivity index (χ3v) is 1.87. The summed E-state index contributed by atoms with van der Waals surface area (Å²) >= 11 is 0. The fourth-order valence-corrected chi connectivity index (χ4v) is 1.16. The number of H-pyrrole nitrogens is 1. The van der Waals surface area contributed by atoms with Crippen molar-refractivity contribution < 1.29 is 0 Å². The molecule has 2 aromatic rings. The quantitative estimate of drug-likeness (QED) is 0.715. The van der Waals surface area contributed by atoms with E-state index in [9.17, 15) is 0 Å². The number of rotatable bonds is 2. The van der Waals surface area contributed by atoms with Crippen LogP contribution in [0.25, 0.3) is 11.3 Å². The summed E-state index contributed by atoms with van der Waals surface area (Å²) in [6.45, 7) is 2.90. The molecule has 5 heteroatoms. The second-order valence-corrected chi connectivity index (χ2v) is 2.79. The molecule has 0 fully saturated rings. The molecule has 0 aliphatic carbocycles. The highest BCUT2D eigenvalue weighted by molar-refractivity contribution is 5.59. The van der Waals surface area contributed by atoms with E-state index >= 15 is 0 Å². The maximum atomic E-state index is 5.49. The van der Waals surface area contributed by atoms with E-state index in [1.807, 2.05) is 17.8 Å². The van der Waals surface area contributed by atoms with Crippen LogP contribution >= 0.6 is 0 Å². The van der Waals surface area contributed by atoms with Gasteiger partial charge in [-0.25, -0.2) is 0 Å². The van der Waals surface area contributed by atoms with Crippen molar-refractivity contribution >= 4 is 5.82 Å². The zero-order valence-corrected chi connectivity index (χ0v) is 7.36. The third kappa shape index (κ3) is 1.40. The Morgan fingerprint density at radius 3 is 3.00 bits per heavy atom. The zero-order valence-electron chi connectivity index (χ0n) is 7.36. The molecule has 0 radical (unpaired) electrons. The van der Waals surface area contributed by atoms with Gasteiger partial charge in [-0.3, -0.25) is 9.78 Å². The molecule has 0 amide bonds. The van der Waals surface area contributed by atoms with Gasteiger partial charge in [-0.1, -0.05) is 0 Å². The number of nitrogens with zero attached hydrogens (tertiary/aromatic N) is 3. The molecule has 0 aliphatic rings. The Morgan fingerprint density at radius 2 is 2.46 bits per heavy atom. The summed E-state index contributed by atoms with van der Waals surface area (Å²) in [4.78, 5) is 0. The van der Waals surface area contributed by atoms with E-state index in [4.69, 9.17) is 5.73 Å². The minimum atomic E-state index is 0.499. The number of aryl methyl sites for hydroxylation is 1. The van der Waals surface area contributed by atoms with Crippen molar-refractivity contribution in [2.24, 2.45) is 0 Å². The molecule has 13 heavy (non-hydrogen) atoms. The molecule has 0 aliphatic heterocycles. The number of nitrogens with two attached hydrogens (primary N) is 1. The molecule has 2 heterocycles. The van der Waals surface area contributed by atoms with Crippen molar-refractivity contribution in [2.45, 2.75) is 13.5 Å². The summed E-state index contributed by atoms with van der Waals surface area (Å²) < 4.78 is 1.85. The van der Waals surface area contributed by atoms with E-state index in [1.165, 1.54) is 0 Å². The average molecular weight is 177 g/mol. The van der Waals surface area contributed by atoms with Gasteiger partial charge in [-0.15, -0.1) is 0 Å². The summed E-state index contributed by atoms with van der Waals surface area (Å²) in [7, 11) is 0. The van der Waals surface area contributed by atoms with E-state index in [-0.39, 0.29) is 0 Å². The van der Waals surface area contributed by atoms with Crippen LogP contribution in [0.4, 0.5) is 5.82 Å². The Labute approximate surface area is 75.6 Å². The summed E-state index contributed by atoms with van der Waals surface area (Å²) in [6.07, 6.45) is 3.74. The van der Waals surface area contributed by atoms with Gasteiger partial charge in [0.1, 0.15) is 5.82 Å². The van der Waals surface area contributed by atoms with E-state index in [2.05, 4.69) is 15.3 Å². The lowest BCUT2D eigenvalue weighted by Crippen LogP contribution is -1.91. The van der Waals surface area contributed by atoms with Gasteiger partial charge in [0, 0.05) is 24.4 Å². The molecule has 0 spiro atoms. The average Bonchev–Trinajstić information content (AvgIpc) is 2.71. The molecule has 5 nitrogen and oxygen atoms in total. The molecule has 2 aromatic heterocycles. The monoisotopic (exact) mass is 177 g/mol. The Morgan fingerprint density at radius 1 is 1.62 bits per heavy atom. The van der Waals surface area contributed by atoms with Crippen molar-refractivity contribution in [3.8, 4) is 11.3 Å². The number of aromatic amines is 1. The summed E-state index contributed by atoms with van der Waals surface area (Å²) in [5.41, 5.74) is 7.39. The van der Waals surface area contributed by atoms with Crippen LogP contribution in [-0.4, -0.2) is 20.0 Å². The predicted octanol–water partition coefficient (Wildman–Crippen LogP) is 0.875. The number of nitrogen functional groups attached to an aromatic ring is 1. The first-order valence-corrected chi connectivity index (χ1v) is 4.13. The lowest BCUT2D eigenvalue weighted by atomic mass is 10.2. The van der Waals surface area contributed by atoms with Crippen LogP contribution in [0, 0.1) is 0 Å². The van der Waals surface area contributed by atoms with Gasteiger partial charge in [-0.2, -0.15) is 10.2 Å². The van der Waals surface area contributed by atoms with E-state index in [0.29, 0.717) is 5.82 Å². The number of anilines is 1.